The highest BCUT2D eigenvalue weighted by atomic mass is 16.6. The smallest absolute Gasteiger partial charge is 0.353 e. The molecule has 10 heteroatoms. The van der Waals surface area contributed by atoms with E-state index in [1.807, 2.05) is 4.90 Å². The van der Waals surface area contributed by atoms with Gasteiger partial charge in [0, 0.05) is 19.6 Å². The molecule has 10 nitrogen and oxygen atoms in total. The van der Waals surface area contributed by atoms with E-state index in [1.54, 1.807) is 12.1 Å². The second-order valence-electron chi connectivity index (χ2n) is 6.59. The van der Waals surface area contributed by atoms with Crippen LogP contribution in [0.2, 0.25) is 0 Å². The first-order chi connectivity index (χ1) is 14.1. The number of nitrogens with zero attached hydrogens (tertiary/aromatic N) is 4. The van der Waals surface area contributed by atoms with Crippen molar-refractivity contribution in [2.45, 2.75) is 25.8 Å². The van der Waals surface area contributed by atoms with Crippen LogP contribution < -0.4 is 24.4 Å². The Kier molecular flexibility index (Phi) is 6.53. The average molecular weight is 403 g/mol. The van der Waals surface area contributed by atoms with Gasteiger partial charge in [-0.25, -0.2) is 9.97 Å². The molecule has 29 heavy (non-hydrogen) atoms. The minimum absolute atomic E-state index is 0.109. The molecule has 2 heterocycles. The number of benzene rings is 1. The first-order valence-corrected chi connectivity index (χ1v) is 9.36. The van der Waals surface area contributed by atoms with Crippen molar-refractivity contribution < 1.29 is 19.1 Å². The highest BCUT2D eigenvalue weighted by molar-refractivity contribution is 5.70. The quantitative estimate of drug-likeness (QED) is 0.525. The molecule has 156 valence electrons. The normalized spacial score (nSPS) is 13.7. The van der Waals surface area contributed by atoms with Crippen LogP contribution in [-0.4, -0.2) is 49.3 Å². The van der Waals surface area contributed by atoms with Crippen LogP contribution in [-0.2, 0) is 6.54 Å². The minimum atomic E-state index is -0.429. The Morgan fingerprint density at radius 1 is 1.07 bits per heavy atom. The van der Waals surface area contributed by atoms with E-state index < -0.39 is 4.92 Å². The molecular weight excluding hydrogens is 378 g/mol. The van der Waals surface area contributed by atoms with Gasteiger partial charge in [-0.1, -0.05) is 0 Å². The summed E-state index contributed by atoms with van der Waals surface area (Å²) in [4.78, 5) is 21.6. The van der Waals surface area contributed by atoms with Gasteiger partial charge in [-0.3, -0.25) is 10.1 Å². The van der Waals surface area contributed by atoms with Crippen LogP contribution in [0.25, 0.3) is 0 Å². The van der Waals surface area contributed by atoms with Gasteiger partial charge in [0.1, 0.15) is 6.33 Å². The van der Waals surface area contributed by atoms with Crippen molar-refractivity contribution in [2.24, 2.45) is 0 Å². The number of hydrogen-bond acceptors (Lipinski definition) is 9. The van der Waals surface area contributed by atoms with E-state index >= 15 is 0 Å². The zero-order valence-corrected chi connectivity index (χ0v) is 16.8. The molecule has 1 saturated heterocycles. The van der Waals surface area contributed by atoms with Crippen molar-refractivity contribution in [3.8, 4) is 17.2 Å². The predicted molar refractivity (Wildman–Crippen MR) is 108 cm³/mol. The summed E-state index contributed by atoms with van der Waals surface area (Å²) < 4.78 is 16.0. The molecule has 1 fully saturated rings. The third-order valence-corrected chi connectivity index (χ3v) is 4.83. The van der Waals surface area contributed by atoms with Crippen LogP contribution in [0.1, 0.15) is 24.8 Å². The molecule has 0 saturated carbocycles. The highest BCUT2D eigenvalue weighted by Gasteiger charge is 2.28. The van der Waals surface area contributed by atoms with Gasteiger partial charge in [-0.05, 0) is 37.0 Å². The van der Waals surface area contributed by atoms with Crippen molar-refractivity contribution in [1.29, 1.82) is 0 Å². The number of hydrogen-bond donors (Lipinski definition) is 1. The fourth-order valence-electron chi connectivity index (χ4n) is 3.43. The van der Waals surface area contributed by atoms with E-state index in [0.29, 0.717) is 23.1 Å². The van der Waals surface area contributed by atoms with Gasteiger partial charge in [-0.2, -0.15) is 0 Å². The molecule has 1 aromatic heterocycles. The largest absolute Gasteiger partial charge is 0.493 e. The van der Waals surface area contributed by atoms with E-state index in [2.05, 4.69) is 15.3 Å². The number of ether oxygens (including phenoxy) is 3. The SMILES string of the molecule is COc1cc(CNc2ncnc(N3CCCCC3)c2[N+](=O)[O-])cc(OC)c1OC. The van der Waals surface area contributed by atoms with Crippen LogP contribution in [0, 0.1) is 10.1 Å². The molecule has 0 radical (unpaired) electrons. The number of aromatic nitrogens is 2. The zero-order valence-electron chi connectivity index (χ0n) is 16.8. The molecule has 3 rings (SSSR count). The zero-order chi connectivity index (χ0) is 20.8. The summed E-state index contributed by atoms with van der Waals surface area (Å²) in [6.07, 6.45) is 4.47. The van der Waals surface area contributed by atoms with Crippen molar-refractivity contribution in [3.05, 3.63) is 34.1 Å². The number of piperidine rings is 1. The van der Waals surface area contributed by atoms with Gasteiger partial charge in [0.05, 0.1) is 26.3 Å². The molecule has 0 unspecified atom stereocenters. The van der Waals surface area contributed by atoms with Gasteiger partial charge in [0.2, 0.25) is 17.4 Å². The summed E-state index contributed by atoms with van der Waals surface area (Å²) in [6.45, 7) is 1.79. The maximum absolute atomic E-state index is 11.8. The number of methoxy groups -OCH3 is 3. The lowest BCUT2D eigenvalue weighted by molar-refractivity contribution is -0.383. The Morgan fingerprint density at radius 3 is 2.28 bits per heavy atom. The molecule has 1 N–H and O–H groups in total. The third-order valence-electron chi connectivity index (χ3n) is 4.83. The van der Waals surface area contributed by atoms with Crippen molar-refractivity contribution >= 4 is 17.3 Å². The minimum Gasteiger partial charge on any atom is -0.493 e. The summed E-state index contributed by atoms with van der Waals surface area (Å²) in [7, 11) is 4.61. The second-order valence-corrected chi connectivity index (χ2v) is 6.59. The third kappa shape index (κ3) is 4.41. The average Bonchev–Trinajstić information content (AvgIpc) is 2.76. The van der Waals surface area contributed by atoms with Crippen LogP contribution >= 0.6 is 0 Å². The maximum atomic E-state index is 11.8. The van der Waals surface area contributed by atoms with Crippen LogP contribution in [0.3, 0.4) is 0 Å². The molecule has 0 aliphatic carbocycles. The molecule has 1 aromatic carbocycles. The van der Waals surface area contributed by atoms with Crippen molar-refractivity contribution in [3.63, 3.8) is 0 Å². The van der Waals surface area contributed by atoms with Crippen LogP contribution in [0.15, 0.2) is 18.5 Å². The monoisotopic (exact) mass is 403 g/mol. The number of rotatable bonds is 8. The fourth-order valence-corrected chi connectivity index (χ4v) is 3.43. The number of nitro groups is 1. The molecule has 2 aromatic rings. The number of nitrogens with one attached hydrogen (secondary N) is 1. The van der Waals surface area contributed by atoms with Gasteiger partial charge in [0.25, 0.3) is 0 Å². The highest BCUT2D eigenvalue weighted by Crippen LogP contribution is 2.39. The van der Waals surface area contributed by atoms with Gasteiger partial charge in [0.15, 0.2) is 11.5 Å². The molecule has 0 spiro atoms. The summed E-state index contributed by atoms with van der Waals surface area (Å²) in [5.74, 6) is 2.04. The molecular formula is C19H25N5O5. The van der Waals surface area contributed by atoms with Crippen molar-refractivity contribution in [1.82, 2.24) is 9.97 Å². The predicted octanol–water partition coefficient (Wildman–Crippen LogP) is 3.01. The van der Waals surface area contributed by atoms with E-state index in [-0.39, 0.29) is 18.1 Å². The Balaban J connectivity index is 1.88. The van der Waals surface area contributed by atoms with Crippen LogP contribution in [0.5, 0.6) is 17.2 Å². The van der Waals surface area contributed by atoms with E-state index in [0.717, 1.165) is 37.9 Å². The molecule has 0 atom stereocenters. The Labute approximate surface area is 169 Å². The standard InChI is InChI=1S/C19H25N5O5/c1-27-14-9-13(10-15(28-2)17(14)29-3)11-20-18-16(24(25)26)19(22-12-21-18)23-7-5-4-6-8-23/h9-10,12H,4-8,11H2,1-3H3,(H,20,21,22). The molecule has 0 bridgehead atoms. The molecule has 1 aliphatic rings. The summed E-state index contributed by atoms with van der Waals surface area (Å²) in [5.41, 5.74) is 0.689. The summed E-state index contributed by atoms with van der Waals surface area (Å²) >= 11 is 0. The lowest BCUT2D eigenvalue weighted by atomic mass is 10.1. The van der Waals surface area contributed by atoms with Crippen LogP contribution in [0.4, 0.5) is 17.3 Å². The maximum Gasteiger partial charge on any atom is 0.353 e. The Morgan fingerprint density at radius 2 is 1.72 bits per heavy atom. The summed E-state index contributed by atoms with van der Waals surface area (Å²) in [6, 6.07) is 3.57. The van der Waals surface area contributed by atoms with E-state index in [1.165, 1.54) is 27.7 Å². The Hall–Kier alpha value is -3.30. The van der Waals surface area contributed by atoms with E-state index in [4.69, 9.17) is 14.2 Å². The first-order valence-electron chi connectivity index (χ1n) is 9.36. The summed E-state index contributed by atoms with van der Waals surface area (Å²) in [5, 5.41) is 14.8. The second kappa shape index (κ2) is 9.26. The van der Waals surface area contributed by atoms with Gasteiger partial charge in [-0.15, -0.1) is 0 Å². The molecule has 1 aliphatic heterocycles. The lowest BCUT2D eigenvalue weighted by Crippen LogP contribution is -2.31. The van der Waals surface area contributed by atoms with Gasteiger partial charge >= 0.3 is 5.69 Å². The topological polar surface area (TPSA) is 112 Å². The fraction of sp³-hybridized carbons (Fsp3) is 0.474. The number of anilines is 2. The molecule has 0 amide bonds. The Bertz CT molecular complexity index is 845. The van der Waals surface area contributed by atoms with Crippen molar-refractivity contribution in [2.75, 3.05) is 44.6 Å². The van der Waals surface area contributed by atoms with E-state index in [9.17, 15) is 10.1 Å². The first kappa shape index (κ1) is 20.4. The van der Waals surface area contributed by atoms with Gasteiger partial charge < -0.3 is 24.4 Å². The lowest BCUT2D eigenvalue weighted by Gasteiger charge is -2.27.